The van der Waals surface area contributed by atoms with E-state index in [1.807, 2.05) is 6.07 Å². The van der Waals surface area contributed by atoms with Gasteiger partial charge in [-0.2, -0.15) is 0 Å². The van der Waals surface area contributed by atoms with Crippen molar-refractivity contribution in [2.75, 3.05) is 0 Å². The number of carbonyl (C=O) groups excluding carboxylic acids is 3. The number of ketones is 3. The molecule has 25 heavy (non-hydrogen) atoms. The van der Waals surface area contributed by atoms with Gasteiger partial charge in [-0.05, 0) is 24.6 Å². The molecule has 2 heterocycles. The molecule has 0 unspecified atom stereocenters. The number of nitrogens with zero attached hydrogens (tertiary/aromatic N) is 1. The van der Waals surface area contributed by atoms with E-state index in [0.29, 0.717) is 33.5 Å². The van der Waals surface area contributed by atoms with E-state index in [1.165, 1.54) is 6.92 Å². The average molecular weight is 330 g/mol. The first-order valence-electron chi connectivity index (χ1n) is 7.91. The van der Waals surface area contributed by atoms with E-state index in [9.17, 15) is 14.4 Å². The zero-order valence-electron chi connectivity index (χ0n) is 13.5. The van der Waals surface area contributed by atoms with Crippen molar-refractivity contribution in [2.45, 2.75) is 13.3 Å². The first-order chi connectivity index (χ1) is 12.1. The molecule has 122 valence electrons. The van der Waals surface area contributed by atoms with E-state index < -0.39 is 0 Å². The van der Waals surface area contributed by atoms with E-state index in [0.717, 1.165) is 5.39 Å². The predicted octanol–water partition coefficient (Wildman–Crippen LogP) is 3.22. The van der Waals surface area contributed by atoms with Gasteiger partial charge in [0.05, 0.1) is 6.42 Å². The molecule has 2 aromatic heterocycles. The Bertz CT molecular complexity index is 1070. The van der Waals surface area contributed by atoms with Crippen LogP contribution in [-0.2, 0) is 9.59 Å². The summed E-state index contributed by atoms with van der Waals surface area (Å²) in [6.07, 6.45) is 3.25. The van der Waals surface area contributed by atoms with Gasteiger partial charge in [-0.25, -0.2) is 4.98 Å². The van der Waals surface area contributed by atoms with Crippen LogP contribution in [0.25, 0.3) is 22.2 Å². The first-order valence-corrected chi connectivity index (χ1v) is 7.91. The molecule has 0 saturated carbocycles. The Morgan fingerprint density at radius 2 is 1.76 bits per heavy atom. The second kappa shape index (κ2) is 5.63. The van der Waals surface area contributed by atoms with Crippen molar-refractivity contribution in [3.05, 3.63) is 65.5 Å². The van der Waals surface area contributed by atoms with E-state index in [2.05, 4.69) is 9.97 Å². The zero-order chi connectivity index (χ0) is 17.6. The lowest BCUT2D eigenvalue weighted by atomic mass is 9.95. The molecule has 1 aliphatic rings. The highest BCUT2D eigenvalue weighted by Gasteiger charge is 2.33. The van der Waals surface area contributed by atoms with Gasteiger partial charge in [0.15, 0.2) is 17.3 Å². The van der Waals surface area contributed by atoms with Crippen LogP contribution in [0, 0.1) is 0 Å². The highest BCUT2D eigenvalue weighted by molar-refractivity contribution is 6.51. The van der Waals surface area contributed by atoms with Crippen LogP contribution in [0.5, 0.6) is 0 Å². The summed E-state index contributed by atoms with van der Waals surface area (Å²) in [5, 5.41) is 0.804. The Morgan fingerprint density at radius 1 is 1.04 bits per heavy atom. The summed E-state index contributed by atoms with van der Waals surface area (Å²) in [6.45, 7) is 1.49. The smallest absolute Gasteiger partial charge is 0.172 e. The van der Waals surface area contributed by atoms with Crippen molar-refractivity contribution in [1.29, 1.82) is 0 Å². The van der Waals surface area contributed by atoms with Gasteiger partial charge in [-0.1, -0.05) is 24.3 Å². The van der Waals surface area contributed by atoms with E-state index >= 15 is 0 Å². The number of aromatic amines is 1. The van der Waals surface area contributed by atoms with E-state index in [1.54, 1.807) is 42.7 Å². The highest BCUT2D eigenvalue weighted by atomic mass is 16.2. The lowest BCUT2D eigenvalue weighted by Gasteiger charge is -2.06. The van der Waals surface area contributed by atoms with Crippen molar-refractivity contribution in [3.63, 3.8) is 0 Å². The van der Waals surface area contributed by atoms with Crippen molar-refractivity contribution in [2.24, 2.45) is 0 Å². The van der Waals surface area contributed by atoms with Gasteiger partial charge in [-0.3, -0.25) is 14.4 Å². The third-order valence-corrected chi connectivity index (χ3v) is 4.43. The van der Waals surface area contributed by atoms with Gasteiger partial charge in [0, 0.05) is 40.1 Å². The number of hydrogen-bond donors (Lipinski definition) is 1. The van der Waals surface area contributed by atoms with Crippen molar-refractivity contribution in [3.8, 4) is 0 Å². The van der Waals surface area contributed by atoms with E-state index in [-0.39, 0.29) is 23.8 Å². The fourth-order valence-electron chi connectivity index (χ4n) is 3.23. The van der Waals surface area contributed by atoms with Crippen molar-refractivity contribution < 1.29 is 14.4 Å². The standard InChI is InChI=1S/C20H14N2O3/c1-11(23)12-4-6-13(7-5-12)18-16(24)9-17(25)19(18)15-10-22-20-14(15)3-2-8-21-20/h2-8,10H,9H2,1H3,(H,21,22). The largest absolute Gasteiger partial charge is 0.346 e. The molecule has 1 aliphatic carbocycles. The number of Topliss-reactive ketones (excluding diaryl/α,β-unsaturated/α-hetero) is 3. The van der Waals surface area contributed by atoms with Crippen LogP contribution in [0.1, 0.15) is 34.8 Å². The maximum absolute atomic E-state index is 12.5. The Labute approximate surface area is 143 Å². The fourth-order valence-corrected chi connectivity index (χ4v) is 3.23. The summed E-state index contributed by atoms with van der Waals surface area (Å²) >= 11 is 0. The quantitative estimate of drug-likeness (QED) is 0.591. The molecule has 0 radical (unpaired) electrons. The number of hydrogen-bond acceptors (Lipinski definition) is 4. The molecule has 0 spiro atoms. The van der Waals surface area contributed by atoms with Crippen LogP contribution >= 0.6 is 0 Å². The van der Waals surface area contributed by atoms with Crippen molar-refractivity contribution in [1.82, 2.24) is 9.97 Å². The molecule has 0 amide bonds. The Kier molecular flexibility index (Phi) is 3.42. The van der Waals surface area contributed by atoms with Crippen LogP contribution in [0.3, 0.4) is 0 Å². The third kappa shape index (κ3) is 2.41. The summed E-state index contributed by atoms with van der Waals surface area (Å²) in [5.74, 6) is -0.438. The fraction of sp³-hybridized carbons (Fsp3) is 0.100. The van der Waals surface area contributed by atoms with Gasteiger partial charge < -0.3 is 4.98 Å². The van der Waals surface area contributed by atoms with Gasteiger partial charge in [0.2, 0.25) is 0 Å². The van der Waals surface area contributed by atoms with E-state index in [4.69, 9.17) is 0 Å². The number of allylic oxidation sites excluding steroid dienone is 2. The maximum Gasteiger partial charge on any atom is 0.172 e. The molecule has 3 aromatic rings. The SMILES string of the molecule is CC(=O)c1ccc(C2=C(c3c[nH]c4ncccc34)C(=O)CC2=O)cc1. The Hall–Kier alpha value is -3.34. The van der Waals surface area contributed by atoms with Crippen molar-refractivity contribution >= 4 is 39.5 Å². The van der Waals surface area contributed by atoms with Gasteiger partial charge >= 0.3 is 0 Å². The number of fused-ring (bicyclic) bond motifs is 1. The molecule has 4 rings (SSSR count). The molecule has 0 atom stereocenters. The van der Waals surface area contributed by atoms with Crippen LogP contribution in [0.15, 0.2) is 48.8 Å². The summed E-state index contributed by atoms with van der Waals surface area (Å²) in [6, 6.07) is 10.5. The van der Waals surface area contributed by atoms with Gasteiger partial charge in [-0.15, -0.1) is 0 Å². The molecule has 0 saturated heterocycles. The Balaban J connectivity index is 1.94. The second-order valence-electron chi connectivity index (χ2n) is 6.01. The lowest BCUT2D eigenvalue weighted by Crippen LogP contribution is -1.98. The summed E-state index contributed by atoms with van der Waals surface area (Å²) < 4.78 is 0. The molecule has 1 N–H and O–H groups in total. The van der Waals surface area contributed by atoms with Crippen LogP contribution in [0.2, 0.25) is 0 Å². The minimum Gasteiger partial charge on any atom is -0.346 e. The van der Waals surface area contributed by atoms with Gasteiger partial charge in [0.1, 0.15) is 5.65 Å². The lowest BCUT2D eigenvalue weighted by molar-refractivity contribution is -0.119. The number of benzene rings is 1. The number of aromatic nitrogens is 2. The Morgan fingerprint density at radius 3 is 2.48 bits per heavy atom. The minimum atomic E-state index is -0.200. The van der Waals surface area contributed by atoms with Crippen LogP contribution in [0.4, 0.5) is 0 Å². The van der Waals surface area contributed by atoms with Crippen LogP contribution < -0.4 is 0 Å². The third-order valence-electron chi connectivity index (χ3n) is 4.43. The number of nitrogens with one attached hydrogen (secondary N) is 1. The number of pyridine rings is 1. The number of carbonyl (C=O) groups is 3. The predicted molar refractivity (Wildman–Crippen MR) is 94.0 cm³/mol. The number of rotatable bonds is 3. The molecule has 0 aliphatic heterocycles. The molecular formula is C20H14N2O3. The summed E-state index contributed by atoms with van der Waals surface area (Å²) in [7, 11) is 0. The average Bonchev–Trinajstić information content (AvgIpc) is 3.15. The summed E-state index contributed by atoms with van der Waals surface area (Å²) in [4.78, 5) is 43.7. The summed E-state index contributed by atoms with van der Waals surface area (Å²) in [5.41, 5.74) is 3.39. The first kappa shape index (κ1) is 15.2. The molecule has 5 heteroatoms. The molecule has 0 bridgehead atoms. The number of H-pyrrole nitrogens is 1. The normalized spacial score (nSPS) is 14.6. The van der Waals surface area contributed by atoms with Crippen LogP contribution in [-0.4, -0.2) is 27.3 Å². The monoisotopic (exact) mass is 330 g/mol. The minimum absolute atomic E-state index is 0.0442. The molecule has 5 nitrogen and oxygen atoms in total. The molecule has 0 fully saturated rings. The second-order valence-corrected chi connectivity index (χ2v) is 6.01. The topological polar surface area (TPSA) is 79.9 Å². The van der Waals surface area contributed by atoms with Gasteiger partial charge in [0.25, 0.3) is 0 Å². The zero-order valence-corrected chi connectivity index (χ0v) is 13.5. The molecule has 1 aromatic carbocycles. The highest BCUT2D eigenvalue weighted by Crippen LogP contribution is 2.37. The maximum atomic E-state index is 12.5. The molecular weight excluding hydrogens is 316 g/mol.